The first-order chi connectivity index (χ1) is 9.32. The molecule has 3 atom stereocenters. The Bertz CT molecular complexity index is 531. The summed E-state index contributed by atoms with van der Waals surface area (Å²) in [6.45, 7) is 4.92. The maximum absolute atomic E-state index is 11.1. The van der Waals surface area contributed by atoms with E-state index in [0.29, 0.717) is 10.8 Å². The van der Waals surface area contributed by atoms with Gasteiger partial charge in [-0.25, -0.2) is 0 Å². The summed E-state index contributed by atoms with van der Waals surface area (Å²) >= 11 is 0. The van der Waals surface area contributed by atoms with Crippen LogP contribution in [0.25, 0.3) is 0 Å². The van der Waals surface area contributed by atoms with Gasteiger partial charge in [-0.15, -0.1) is 0 Å². The van der Waals surface area contributed by atoms with E-state index in [-0.39, 0.29) is 11.5 Å². The van der Waals surface area contributed by atoms with E-state index < -0.39 is 0 Å². The van der Waals surface area contributed by atoms with Crippen LogP contribution in [0.1, 0.15) is 64.0 Å². The maximum atomic E-state index is 11.1. The Morgan fingerprint density at radius 1 is 1.20 bits per heavy atom. The van der Waals surface area contributed by atoms with Gasteiger partial charge in [-0.1, -0.05) is 13.8 Å². The minimum Gasteiger partial charge on any atom is -0.388 e. The van der Waals surface area contributed by atoms with Crippen LogP contribution in [0.5, 0.6) is 0 Å². The first-order valence-electron chi connectivity index (χ1n) is 7.98. The number of aliphatic hydroxyl groups is 1. The van der Waals surface area contributed by atoms with Gasteiger partial charge in [0.05, 0.1) is 12.3 Å². The molecule has 1 heterocycles. The van der Waals surface area contributed by atoms with Crippen LogP contribution >= 0.6 is 0 Å². The highest BCUT2D eigenvalue weighted by molar-refractivity contribution is 5.19. The molecule has 110 valence electrons. The molecule has 3 heteroatoms. The van der Waals surface area contributed by atoms with Crippen molar-refractivity contribution in [2.24, 2.45) is 29.2 Å². The van der Waals surface area contributed by atoms with Gasteiger partial charge in [0.1, 0.15) is 0 Å². The van der Waals surface area contributed by atoms with E-state index in [1.165, 1.54) is 38.5 Å². The van der Waals surface area contributed by atoms with Crippen LogP contribution in [0, 0.1) is 22.2 Å². The van der Waals surface area contributed by atoms with Gasteiger partial charge in [0.15, 0.2) is 0 Å². The lowest BCUT2D eigenvalue weighted by Crippen LogP contribution is -2.56. The molecule has 0 radical (unpaired) electrons. The Kier molecular flexibility index (Phi) is 2.37. The average Bonchev–Trinajstić information content (AvgIpc) is 2.69. The fraction of sp³-hybridized carbons (Fsp3) is 0.824. The van der Waals surface area contributed by atoms with Crippen molar-refractivity contribution in [1.82, 2.24) is 9.78 Å². The molecule has 5 rings (SSSR count). The van der Waals surface area contributed by atoms with E-state index in [4.69, 9.17) is 0 Å². The molecule has 0 amide bonds. The Labute approximate surface area is 121 Å². The van der Waals surface area contributed by atoms with Crippen molar-refractivity contribution in [3.63, 3.8) is 0 Å². The molecule has 1 aromatic rings. The van der Waals surface area contributed by atoms with Gasteiger partial charge in [0.25, 0.3) is 0 Å². The van der Waals surface area contributed by atoms with Crippen molar-refractivity contribution < 1.29 is 5.11 Å². The molecule has 20 heavy (non-hydrogen) atoms. The molecule has 1 aromatic heterocycles. The third-order valence-corrected chi connectivity index (χ3v) is 6.29. The SMILES string of the molecule is Cn1cc(C(O)C23CC4CC(C)(CC(C)(C4)C2)C3)cn1. The average molecular weight is 274 g/mol. The Morgan fingerprint density at radius 3 is 2.35 bits per heavy atom. The van der Waals surface area contributed by atoms with Crippen molar-refractivity contribution in [3.8, 4) is 0 Å². The third kappa shape index (κ3) is 1.71. The van der Waals surface area contributed by atoms with Gasteiger partial charge < -0.3 is 5.11 Å². The largest absolute Gasteiger partial charge is 0.388 e. The second-order valence-corrected chi connectivity index (χ2v) is 8.84. The minimum atomic E-state index is -0.335. The molecule has 0 saturated heterocycles. The zero-order valence-electron chi connectivity index (χ0n) is 12.9. The summed E-state index contributed by atoms with van der Waals surface area (Å²) < 4.78 is 1.81. The monoisotopic (exact) mass is 274 g/mol. The molecular weight excluding hydrogens is 248 g/mol. The van der Waals surface area contributed by atoms with Crippen molar-refractivity contribution in [2.75, 3.05) is 0 Å². The van der Waals surface area contributed by atoms with Gasteiger partial charge in [0, 0.05) is 24.2 Å². The summed E-state index contributed by atoms with van der Waals surface area (Å²) in [7, 11) is 1.93. The topological polar surface area (TPSA) is 38.0 Å². The molecule has 4 fully saturated rings. The summed E-state index contributed by atoms with van der Waals surface area (Å²) in [4.78, 5) is 0. The van der Waals surface area contributed by atoms with Gasteiger partial charge in [-0.3, -0.25) is 4.68 Å². The summed E-state index contributed by atoms with van der Waals surface area (Å²) in [6.07, 6.45) is 11.2. The Balaban J connectivity index is 1.73. The normalized spacial score (nSPS) is 47.7. The standard InChI is InChI=1S/C17H26N2O/c1-15-4-12-5-16(2,9-15)11-17(6-12,10-15)14(20)13-7-18-19(3)8-13/h7-8,12,14,20H,4-6,9-11H2,1-3H3. The van der Waals surface area contributed by atoms with Crippen LogP contribution in [-0.4, -0.2) is 14.9 Å². The van der Waals surface area contributed by atoms with Crippen LogP contribution in [0.15, 0.2) is 12.4 Å². The number of aryl methyl sites for hydroxylation is 1. The summed E-state index contributed by atoms with van der Waals surface area (Å²) in [5.41, 5.74) is 2.03. The molecule has 4 aliphatic rings. The van der Waals surface area contributed by atoms with Gasteiger partial charge in [-0.05, 0) is 55.3 Å². The summed E-state index contributed by atoms with van der Waals surface area (Å²) in [5, 5.41) is 15.3. The summed E-state index contributed by atoms with van der Waals surface area (Å²) in [6, 6.07) is 0. The molecule has 0 aliphatic heterocycles. The van der Waals surface area contributed by atoms with E-state index in [1.54, 1.807) is 0 Å². The van der Waals surface area contributed by atoms with Crippen LogP contribution < -0.4 is 0 Å². The summed E-state index contributed by atoms with van der Waals surface area (Å²) in [5.74, 6) is 0.826. The smallest absolute Gasteiger partial charge is 0.0877 e. The van der Waals surface area contributed by atoms with Crippen molar-refractivity contribution >= 4 is 0 Å². The fourth-order valence-corrected chi connectivity index (χ4v) is 6.78. The van der Waals surface area contributed by atoms with Crippen molar-refractivity contribution in [1.29, 1.82) is 0 Å². The van der Waals surface area contributed by atoms with Crippen LogP contribution in [0.3, 0.4) is 0 Å². The lowest BCUT2D eigenvalue weighted by atomic mass is 9.39. The van der Waals surface area contributed by atoms with E-state index in [9.17, 15) is 5.11 Å². The van der Waals surface area contributed by atoms with Crippen LogP contribution in [0.4, 0.5) is 0 Å². The fourth-order valence-electron chi connectivity index (χ4n) is 6.78. The Hall–Kier alpha value is -0.830. The lowest BCUT2D eigenvalue weighted by molar-refractivity contribution is -0.187. The zero-order chi connectivity index (χ0) is 14.2. The van der Waals surface area contributed by atoms with Crippen molar-refractivity contribution in [3.05, 3.63) is 18.0 Å². The molecule has 3 nitrogen and oxygen atoms in total. The highest BCUT2D eigenvalue weighted by Crippen LogP contribution is 2.72. The molecular formula is C17H26N2O. The van der Waals surface area contributed by atoms with Gasteiger partial charge >= 0.3 is 0 Å². The lowest BCUT2D eigenvalue weighted by Gasteiger charge is -2.66. The molecule has 1 N–H and O–H groups in total. The molecule has 3 unspecified atom stereocenters. The van der Waals surface area contributed by atoms with E-state index in [1.807, 2.05) is 24.1 Å². The number of hydrogen-bond acceptors (Lipinski definition) is 2. The molecule has 4 aliphatic carbocycles. The number of aliphatic hydroxyl groups excluding tert-OH is 1. The number of nitrogens with zero attached hydrogens (tertiary/aromatic N) is 2. The van der Waals surface area contributed by atoms with E-state index in [2.05, 4.69) is 18.9 Å². The maximum Gasteiger partial charge on any atom is 0.0877 e. The van der Waals surface area contributed by atoms with Gasteiger partial charge in [-0.2, -0.15) is 5.10 Å². The molecule has 4 saturated carbocycles. The minimum absolute atomic E-state index is 0.103. The number of rotatable bonds is 2. The second kappa shape index (κ2) is 3.68. The Morgan fingerprint density at radius 2 is 1.85 bits per heavy atom. The van der Waals surface area contributed by atoms with Crippen molar-refractivity contribution in [2.45, 2.75) is 58.5 Å². The molecule has 0 aromatic carbocycles. The van der Waals surface area contributed by atoms with E-state index >= 15 is 0 Å². The highest BCUT2D eigenvalue weighted by Gasteiger charge is 2.62. The molecule has 4 bridgehead atoms. The second-order valence-electron chi connectivity index (χ2n) is 8.84. The van der Waals surface area contributed by atoms with Gasteiger partial charge in [0.2, 0.25) is 0 Å². The highest BCUT2D eigenvalue weighted by atomic mass is 16.3. The quantitative estimate of drug-likeness (QED) is 0.897. The van der Waals surface area contributed by atoms with Crippen LogP contribution in [-0.2, 0) is 7.05 Å². The first kappa shape index (κ1) is 12.9. The number of aromatic nitrogens is 2. The van der Waals surface area contributed by atoms with Crippen LogP contribution in [0.2, 0.25) is 0 Å². The van der Waals surface area contributed by atoms with E-state index in [0.717, 1.165) is 11.5 Å². The predicted molar refractivity (Wildman–Crippen MR) is 78.0 cm³/mol. The predicted octanol–water partition coefficient (Wildman–Crippen LogP) is 3.45. The third-order valence-electron chi connectivity index (χ3n) is 6.29. The first-order valence-corrected chi connectivity index (χ1v) is 7.98. The molecule has 0 spiro atoms. The number of hydrogen-bond donors (Lipinski definition) is 1. The zero-order valence-corrected chi connectivity index (χ0v) is 12.9.